The van der Waals surface area contributed by atoms with Crippen molar-refractivity contribution in [2.75, 3.05) is 0 Å². The third kappa shape index (κ3) is 0.720. The normalized spacial score (nSPS) is 53.4. The van der Waals surface area contributed by atoms with Crippen LogP contribution in [0.1, 0.15) is 47.0 Å². The van der Waals surface area contributed by atoms with Crippen molar-refractivity contribution in [2.24, 2.45) is 16.3 Å². The van der Waals surface area contributed by atoms with Crippen LogP contribution < -0.4 is 0 Å². The third-order valence-corrected chi connectivity index (χ3v) is 7.05. The molecule has 1 aliphatic heterocycles. The van der Waals surface area contributed by atoms with Gasteiger partial charge in [-0.05, 0) is 44.4 Å². The highest BCUT2D eigenvalue weighted by Gasteiger charge is 2.72. The molecule has 78 valence electrons. The zero-order valence-corrected chi connectivity index (χ0v) is 10.4. The number of thioether (sulfide) groups is 1. The molecule has 1 nitrogen and oxygen atoms in total. The van der Waals surface area contributed by atoms with E-state index in [-0.39, 0.29) is 5.54 Å². The molecule has 0 amide bonds. The second-order valence-electron chi connectivity index (χ2n) is 6.00. The first kappa shape index (κ1) is 9.26. The molecule has 2 bridgehead atoms. The topological polar surface area (TPSA) is 12.4 Å². The predicted molar refractivity (Wildman–Crippen MR) is 63.0 cm³/mol. The maximum absolute atomic E-state index is 4.93. The van der Waals surface area contributed by atoms with E-state index < -0.39 is 0 Å². The third-order valence-electron chi connectivity index (χ3n) is 5.15. The summed E-state index contributed by atoms with van der Waals surface area (Å²) in [6, 6.07) is 0. The lowest BCUT2D eigenvalue weighted by atomic mass is 9.76. The van der Waals surface area contributed by atoms with E-state index in [1.165, 1.54) is 24.3 Å². The summed E-state index contributed by atoms with van der Waals surface area (Å²) in [5.74, 6) is 0.914. The fourth-order valence-electron chi connectivity index (χ4n) is 4.41. The molecule has 2 saturated carbocycles. The second kappa shape index (κ2) is 2.23. The number of aliphatic imine (C=N–C) groups is 1. The maximum Gasteiger partial charge on any atom is 0.0747 e. The summed E-state index contributed by atoms with van der Waals surface area (Å²) >= 11 is 2.08. The van der Waals surface area contributed by atoms with Gasteiger partial charge in [-0.15, -0.1) is 11.8 Å². The molecule has 0 aromatic rings. The molecule has 0 aromatic heterocycles. The van der Waals surface area contributed by atoms with E-state index >= 15 is 0 Å². The lowest BCUT2D eigenvalue weighted by molar-refractivity contribution is 0.265. The number of hydrogen-bond donors (Lipinski definition) is 0. The molecule has 0 unspecified atom stereocenters. The Morgan fingerprint density at radius 2 is 2.07 bits per heavy atom. The van der Waals surface area contributed by atoms with Gasteiger partial charge in [0.1, 0.15) is 0 Å². The Hall–Kier alpha value is 0.0200. The largest absolute Gasteiger partial charge is 0.275 e. The highest BCUT2D eigenvalue weighted by atomic mass is 32.2. The fraction of sp³-hybridized carbons (Fsp3) is 0.917. The average Bonchev–Trinajstić information content (AvgIpc) is 2.50. The summed E-state index contributed by atoms with van der Waals surface area (Å²) in [5, 5.41) is 1.32. The maximum atomic E-state index is 4.93. The van der Waals surface area contributed by atoms with Crippen LogP contribution >= 0.6 is 11.8 Å². The van der Waals surface area contributed by atoms with Crippen LogP contribution in [0.5, 0.6) is 0 Å². The van der Waals surface area contributed by atoms with Crippen LogP contribution in [0.4, 0.5) is 0 Å². The van der Waals surface area contributed by atoms with Gasteiger partial charge in [-0.2, -0.15) is 0 Å². The van der Waals surface area contributed by atoms with Crippen molar-refractivity contribution in [1.82, 2.24) is 0 Å². The molecule has 0 saturated heterocycles. The zero-order chi connectivity index (χ0) is 10.2. The van der Waals surface area contributed by atoms with Crippen molar-refractivity contribution in [2.45, 2.75) is 57.2 Å². The fourth-order valence-corrected chi connectivity index (χ4v) is 6.16. The molecule has 3 aliphatic rings. The van der Waals surface area contributed by atoms with Gasteiger partial charge in [-0.3, -0.25) is 4.99 Å². The van der Waals surface area contributed by atoms with E-state index in [1.807, 2.05) is 0 Å². The van der Waals surface area contributed by atoms with E-state index in [1.54, 1.807) is 0 Å². The SMILES string of the molecule is CC1=N[C@@]2(C)C[C@@H]3CC[C@]2(S1)C3(C)C. The van der Waals surface area contributed by atoms with Crippen LogP contribution in [0.2, 0.25) is 0 Å². The van der Waals surface area contributed by atoms with Crippen LogP contribution in [-0.2, 0) is 0 Å². The van der Waals surface area contributed by atoms with Crippen molar-refractivity contribution >= 4 is 16.8 Å². The summed E-state index contributed by atoms with van der Waals surface area (Å²) in [7, 11) is 0. The van der Waals surface area contributed by atoms with Crippen molar-refractivity contribution < 1.29 is 0 Å². The Bertz CT molecular complexity index is 333. The first-order valence-electron chi connectivity index (χ1n) is 5.67. The van der Waals surface area contributed by atoms with Crippen LogP contribution in [-0.4, -0.2) is 15.3 Å². The van der Waals surface area contributed by atoms with Crippen molar-refractivity contribution in [3.05, 3.63) is 0 Å². The summed E-state index contributed by atoms with van der Waals surface area (Å²) in [6.07, 6.45) is 4.13. The molecule has 2 heteroatoms. The van der Waals surface area contributed by atoms with Gasteiger partial charge in [0.25, 0.3) is 0 Å². The number of rotatable bonds is 0. The standard InChI is InChI=1S/C12H19NS/c1-8-13-11(4)7-9-5-6-12(11,14-8)10(9,2)3/h9H,5-7H2,1-4H3/t9-,11-,12-/m0/s1. The average molecular weight is 209 g/mol. The molecule has 14 heavy (non-hydrogen) atoms. The Kier molecular flexibility index (Phi) is 1.48. The zero-order valence-electron chi connectivity index (χ0n) is 9.55. The summed E-state index contributed by atoms with van der Waals surface area (Å²) in [5.41, 5.74) is 0.752. The molecule has 3 rings (SSSR count). The van der Waals surface area contributed by atoms with Crippen LogP contribution in [0, 0.1) is 11.3 Å². The minimum Gasteiger partial charge on any atom is -0.275 e. The van der Waals surface area contributed by atoms with Gasteiger partial charge in [0, 0.05) is 0 Å². The smallest absolute Gasteiger partial charge is 0.0747 e. The van der Waals surface area contributed by atoms with Gasteiger partial charge in [-0.25, -0.2) is 0 Å². The van der Waals surface area contributed by atoms with Gasteiger partial charge in [0.2, 0.25) is 0 Å². The molecule has 3 atom stereocenters. The molecule has 1 heterocycles. The first-order chi connectivity index (χ1) is 6.41. The Balaban J connectivity index is 2.16. The summed E-state index contributed by atoms with van der Waals surface area (Å²) in [4.78, 5) is 4.93. The predicted octanol–water partition coefficient (Wildman–Crippen LogP) is 3.49. The van der Waals surface area contributed by atoms with Gasteiger partial charge in [0.15, 0.2) is 0 Å². The second-order valence-corrected chi connectivity index (χ2v) is 7.49. The van der Waals surface area contributed by atoms with Gasteiger partial charge < -0.3 is 0 Å². The molecule has 1 spiro atoms. The van der Waals surface area contributed by atoms with Crippen molar-refractivity contribution in [3.8, 4) is 0 Å². The molecule has 2 aliphatic carbocycles. The summed E-state index contributed by atoms with van der Waals surface area (Å²) in [6.45, 7) is 9.51. The number of fused-ring (bicyclic) bond motifs is 1. The van der Waals surface area contributed by atoms with E-state index in [0.717, 1.165) is 5.92 Å². The van der Waals surface area contributed by atoms with Gasteiger partial charge >= 0.3 is 0 Å². The van der Waals surface area contributed by atoms with E-state index in [4.69, 9.17) is 4.99 Å². The molecular weight excluding hydrogens is 190 g/mol. The van der Waals surface area contributed by atoms with Crippen LogP contribution in [0.15, 0.2) is 4.99 Å². The lowest BCUT2D eigenvalue weighted by Gasteiger charge is -2.41. The quantitative estimate of drug-likeness (QED) is 0.595. The Morgan fingerprint density at radius 3 is 2.64 bits per heavy atom. The van der Waals surface area contributed by atoms with Crippen LogP contribution in [0.25, 0.3) is 0 Å². The van der Waals surface area contributed by atoms with Gasteiger partial charge in [0.05, 0.1) is 15.3 Å². The monoisotopic (exact) mass is 209 g/mol. The minimum atomic E-state index is 0.258. The number of hydrogen-bond acceptors (Lipinski definition) is 2. The number of nitrogens with zero attached hydrogens (tertiary/aromatic N) is 1. The van der Waals surface area contributed by atoms with E-state index in [0.29, 0.717) is 10.2 Å². The highest BCUT2D eigenvalue weighted by Crippen LogP contribution is 2.73. The lowest BCUT2D eigenvalue weighted by Crippen LogP contribution is -2.47. The van der Waals surface area contributed by atoms with Crippen molar-refractivity contribution in [1.29, 1.82) is 0 Å². The Labute approximate surface area is 90.8 Å². The highest BCUT2D eigenvalue weighted by molar-refractivity contribution is 8.15. The molecule has 0 radical (unpaired) electrons. The molecule has 0 N–H and O–H groups in total. The summed E-state index contributed by atoms with van der Waals surface area (Å²) < 4.78 is 0.439. The molecule has 0 aromatic carbocycles. The van der Waals surface area contributed by atoms with E-state index in [9.17, 15) is 0 Å². The first-order valence-corrected chi connectivity index (χ1v) is 6.48. The molecule has 2 fully saturated rings. The Morgan fingerprint density at radius 1 is 1.36 bits per heavy atom. The molecular formula is C12H19NS. The van der Waals surface area contributed by atoms with Gasteiger partial charge in [-0.1, -0.05) is 13.8 Å². The minimum absolute atomic E-state index is 0.258. The van der Waals surface area contributed by atoms with E-state index in [2.05, 4.69) is 39.5 Å². The van der Waals surface area contributed by atoms with Crippen LogP contribution in [0.3, 0.4) is 0 Å². The van der Waals surface area contributed by atoms with Crippen molar-refractivity contribution in [3.63, 3.8) is 0 Å².